The average Bonchev–Trinajstić information content (AvgIpc) is 2.00. The molecule has 11 heavy (non-hydrogen) atoms. The van der Waals surface area contributed by atoms with Crippen LogP contribution < -0.4 is 0 Å². The normalized spacial score (nSPS) is 29.5. The predicted molar refractivity (Wildman–Crippen MR) is 57.0 cm³/mol. The van der Waals surface area contributed by atoms with Crippen LogP contribution in [0.5, 0.6) is 0 Å². The van der Waals surface area contributed by atoms with Crippen LogP contribution in [0.25, 0.3) is 0 Å². The van der Waals surface area contributed by atoms with Gasteiger partial charge in [0.1, 0.15) is 0 Å². The lowest BCUT2D eigenvalue weighted by Crippen LogP contribution is -2.08. The Balaban J connectivity index is -0.000000189. The van der Waals surface area contributed by atoms with Crippen molar-refractivity contribution in [1.29, 1.82) is 0 Å². The third-order valence-corrected chi connectivity index (χ3v) is 2.30. The van der Waals surface area contributed by atoms with E-state index >= 15 is 0 Å². The summed E-state index contributed by atoms with van der Waals surface area (Å²) in [4.78, 5) is 0. The molecule has 0 aliphatic heterocycles. The van der Waals surface area contributed by atoms with Gasteiger partial charge in [0.2, 0.25) is 0 Å². The summed E-state index contributed by atoms with van der Waals surface area (Å²) in [5.74, 6) is 2.04. The second kappa shape index (κ2) is 8.10. The predicted octanol–water partition coefficient (Wildman–Crippen LogP) is 4.74. The largest absolute Gasteiger partial charge is 0.0776 e. The summed E-state index contributed by atoms with van der Waals surface area (Å²) < 4.78 is 0. The lowest BCUT2D eigenvalue weighted by Gasteiger charge is -2.22. The molecule has 1 aliphatic rings. The zero-order valence-electron chi connectivity index (χ0n) is 7.98. The Morgan fingerprint density at radius 3 is 1.18 bits per heavy atom. The highest BCUT2D eigenvalue weighted by molar-refractivity contribution is 4.65. The van der Waals surface area contributed by atoms with E-state index in [-0.39, 0.29) is 8.85 Å². The first-order valence-electron chi connectivity index (χ1n) is 4.79. The molecule has 1 rings (SSSR count). The summed E-state index contributed by atoms with van der Waals surface area (Å²) in [5, 5.41) is 0. The molecular formula is C11H28. The molecule has 0 heterocycles. The van der Waals surface area contributed by atoms with E-state index in [4.69, 9.17) is 0 Å². The maximum absolute atomic E-state index is 2.37. The molecule has 0 unspecified atom stereocenters. The van der Waals surface area contributed by atoms with Gasteiger partial charge in [0.05, 0.1) is 0 Å². The van der Waals surface area contributed by atoms with Gasteiger partial charge in [0, 0.05) is 1.43 Å². The van der Waals surface area contributed by atoms with E-state index in [1.807, 2.05) is 13.8 Å². The van der Waals surface area contributed by atoms with E-state index in [9.17, 15) is 0 Å². The molecule has 0 N–H and O–H groups in total. The highest BCUT2D eigenvalue weighted by Crippen LogP contribution is 2.27. The van der Waals surface area contributed by atoms with Crippen LogP contribution >= 0.6 is 0 Å². The SMILES string of the molecule is C.CC.CC1CCC(C)CC1.[HH]. The molecule has 0 nitrogen and oxygen atoms in total. The summed E-state index contributed by atoms with van der Waals surface area (Å²) in [6.45, 7) is 8.73. The summed E-state index contributed by atoms with van der Waals surface area (Å²) in [6, 6.07) is 0. The average molecular weight is 160 g/mol. The van der Waals surface area contributed by atoms with Gasteiger partial charge in [-0.25, -0.2) is 0 Å². The Hall–Kier alpha value is 0. The van der Waals surface area contributed by atoms with Gasteiger partial charge in [-0.05, 0) is 11.8 Å². The molecule has 0 aromatic heterocycles. The van der Waals surface area contributed by atoms with Crippen molar-refractivity contribution in [1.82, 2.24) is 0 Å². The Kier molecular flexibility index (Phi) is 10.0. The van der Waals surface area contributed by atoms with E-state index in [1.165, 1.54) is 25.7 Å². The zero-order valence-corrected chi connectivity index (χ0v) is 7.98. The highest BCUT2D eigenvalue weighted by atomic mass is 14.2. The van der Waals surface area contributed by atoms with Crippen LogP contribution in [0.3, 0.4) is 0 Å². The lowest BCUT2D eigenvalue weighted by atomic mass is 9.84. The second-order valence-corrected chi connectivity index (χ2v) is 3.37. The zero-order chi connectivity index (χ0) is 7.98. The van der Waals surface area contributed by atoms with Gasteiger partial charge in [-0.15, -0.1) is 0 Å². The molecule has 0 amide bonds. The summed E-state index contributed by atoms with van der Waals surface area (Å²) >= 11 is 0. The maximum atomic E-state index is 2.37. The molecule has 72 valence electrons. The fourth-order valence-corrected chi connectivity index (χ4v) is 1.43. The highest BCUT2D eigenvalue weighted by Gasteiger charge is 2.13. The van der Waals surface area contributed by atoms with E-state index in [2.05, 4.69) is 13.8 Å². The molecule has 0 aromatic carbocycles. The number of hydrogen-bond donors (Lipinski definition) is 0. The van der Waals surface area contributed by atoms with Crippen molar-refractivity contribution in [2.24, 2.45) is 11.8 Å². The monoisotopic (exact) mass is 160 g/mol. The van der Waals surface area contributed by atoms with Crippen molar-refractivity contribution in [3.05, 3.63) is 0 Å². The molecule has 0 radical (unpaired) electrons. The Morgan fingerprint density at radius 2 is 1.00 bits per heavy atom. The Morgan fingerprint density at radius 1 is 0.818 bits per heavy atom. The van der Waals surface area contributed by atoms with E-state index in [1.54, 1.807) is 0 Å². The molecule has 0 saturated heterocycles. The van der Waals surface area contributed by atoms with Gasteiger partial charge in [-0.1, -0.05) is 60.8 Å². The first-order chi connectivity index (χ1) is 4.79. The standard InChI is InChI=1S/C8H16.C2H6.CH4.H2/c1-7-3-5-8(2)6-4-7;1-2;;/h7-8H,3-6H2,1-2H3;1-2H3;1H4;1H. The maximum Gasteiger partial charge on any atom is 0 e. The smallest absolute Gasteiger partial charge is 0 e. The minimum atomic E-state index is 0. The van der Waals surface area contributed by atoms with Crippen molar-refractivity contribution in [2.75, 3.05) is 0 Å². The third kappa shape index (κ3) is 6.40. The molecular weight excluding hydrogens is 132 g/mol. The van der Waals surface area contributed by atoms with Crippen LogP contribution in [-0.2, 0) is 0 Å². The summed E-state index contributed by atoms with van der Waals surface area (Å²) in [6.07, 6.45) is 5.89. The van der Waals surface area contributed by atoms with Gasteiger partial charge in [0.15, 0.2) is 0 Å². The topological polar surface area (TPSA) is 0 Å². The van der Waals surface area contributed by atoms with Gasteiger partial charge >= 0.3 is 0 Å². The lowest BCUT2D eigenvalue weighted by molar-refractivity contribution is 0.308. The van der Waals surface area contributed by atoms with Crippen LogP contribution in [0, 0.1) is 11.8 Å². The third-order valence-electron chi connectivity index (χ3n) is 2.30. The Bertz CT molecular complexity index is 53.4. The van der Waals surface area contributed by atoms with Gasteiger partial charge in [-0.3, -0.25) is 0 Å². The quantitative estimate of drug-likeness (QED) is 0.480. The molecule has 0 heteroatoms. The molecule has 1 saturated carbocycles. The minimum Gasteiger partial charge on any atom is -0.0776 e. The fraction of sp³-hybridized carbons (Fsp3) is 1.00. The van der Waals surface area contributed by atoms with Crippen LogP contribution in [0.1, 0.15) is 62.2 Å². The van der Waals surface area contributed by atoms with Crippen LogP contribution in [0.4, 0.5) is 0 Å². The molecule has 0 bridgehead atoms. The van der Waals surface area contributed by atoms with Crippen molar-refractivity contribution in [2.45, 2.75) is 60.8 Å². The Labute approximate surface area is 74.9 Å². The molecule has 0 spiro atoms. The number of hydrogen-bond acceptors (Lipinski definition) is 0. The first-order valence-corrected chi connectivity index (χ1v) is 4.79. The van der Waals surface area contributed by atoms with Gasteiger partial charge in [0.25, 0.3) is 0 Å². The van der Waals surface area contributed by atoms with Crippen molar-refractivity contribution in [3.8, 4) is 0 Å². The van der Waals surface area contributed by atoms with Crippen LogP contribution in [0.2, 0.25) is 0 Å². The van der Waals surface area contributed by atoms with Crippen LogP contribution in [0.15, 0.2) is 0 Å². The fourth-order valence-electron chi connectivity index (χ4n) is 1.43. The molecule has 1 aliphatic carbocycles. The van der Waals surface area contributed by atoms with E-state index in [0.29, 0.717) is 0 Å². The summed E-state index contributed by atoms with van der Waals surface area (Å²) in [7, 11) is 0. The van der Waals surface area contributed by atoms with E-state index < -0.39 is 0 Å². The number of rotatable bonds is 0. The first kappa shape index (κ1) is 13.6. The van der Waals surface area contributed by atoms with Crippen molar-refractivity contribution >= 4 is 0 Å². The van der Waals surface area contributed by atoms with Crippen LogP contribution in [-0.4, -0.2) is 0 Å². The van der Waals surface area contributed by atoms with Gasteiger partial charge in [-0.2, -0.15) is 0 Å². The molecule has 0 atom stereocenters. The second-order valence-electron chi connectivity index (χ2n) is 3.37. The van der Waals surface area contributed by atoms with Gasteiger partial charge < -0.3 is 0 Å². The summed E-state index contributed by atoms with van der Waals surface area (Å²) in [5.41, 5.74) is 0. The van der Waals surface area contributed by atoms with Crippen molar-refractivity contribution in [3.63, 3.8) is 0 Å². The molecule has 1 fully saturated rings. The van der Waals surface area contributed by atoms with Crippen molar-refractivity contribution < 1.29 is 1.43 Å². The molecule has 0 aromatic rings. The minimum absolute atomic E-state index is 0. The van der Waals surface area contributed by atoms with E-state index in [0.717, 1.165) is 11.8 Å².